The molecular formula is C21H14Cl2N4O. The third-order valence-corrected chi connectivity index (χ3v) is 6.28. The van der Waals surface area contributed by atoms with E-state index in [4.69, 9.17) is 28.9 Å². The van der Waals surface area contributed by atoms with Gasteiger partial charge in [0.2, 0.25) is 5.91 Å². The molecule has 0 aromatic heterocycles. The van der Waals surface area contributed by atoms with Crippen LogP contribution in [0.3, 0.4) is 0 Å². The molecule has 1 saturated heterocycles. The van der Waals surface area contributed by atoms with Crippen molar-refractivity contribution in [3.63, 3.8) is 0 Å². The van der Waals surface area contributed by atoms with E-state index < -0.39 is 29.3 Å². The number of amides is 1. The molecular weight excluding hydrogens is 395 g/mol. The van der Waals surface area contributed by atoms with E-state index >= 15 is 0 Å². The lowest BCUT2D eigenvalue weighted by Gasteiger charge is -2.34. The van der Waals surface area contributed by atoms with Gasteiger partial charge in [-0.15, -0.1) is 0 Å². The normalized spacial score (nSPS) is 24.0. The quantitative estimate of drug-likeness (QED) is 0.811. The van der Waals surface area contributed by atoms with Crippen molar-refractivity contribution >= 4 is 35.2 Å². The molecule has 0 saturated carbocycles. The van der Waals surface area contributed by atoms with Crippen molar-refractivity contribution in [1.82, 2.24) is 4.90 Å². The van der Waals surface area contributed by atoms with Gasteiger partial charge in [0.25, 0.3) is 0 Å². The van der Waals surface area contributed by atoms with Crippen LogP contribution in [0.5, 0.6) is 0 Å². The number of halogens is 2. The first-order valence-corrected chi connectivity index (χ1v) is 9.31. The van der Waals surface area contributed by atoms with Gasteiger partial charge in [0.15, 0.2) is 5.41 Å². The maximum Gasteiger partial charge on any atom is 0.240 e. The second kappa shape index (κ2) is 6.56. The second-order valence-corrected chi connectivity index (χ2v) is 7.70. The summed E-state index contributed by atoms with van der Waals surface area (Å²) in [6.07, 6.45) is 3.60. The minimum Gasteiger partial charge on any atom is -0.368 e. The Labute approximate surface area is 172 Å². The highest BCUT2D eigenvalue weighted by atomic mass is 35.5. The van der Waals surface area contributed by atoms with Crippen LogP contribution in [0.1, 0.15) is 28.7 Å². The number of nitriles is 2. The molecule has 2 heterocycles. The summed E-state index contributed by atoms with van der Waals surface area (Å²) in [5.41, 5.74) is 6.49. The molecule has 0 bridgehead atoms. The first-order valence-electron chi connectivity index (χ1n) is 8.56. The summed E-state index contributed by atoms with van der Waals surface area (Å²) in [6.45, 7) is 0. The Morgan fingerprint density at radius 3 is 2.46 bits per heavy atom. The van der Waals surface area contributed by atoms with Gasteiger partial charge in [0.1, 0.15) is 6.04 Å². The molecule has 0 unspecified atom stereocenters. The number of fused-ring (bicyclic) bond motifs is 3. The minimum absolute atomic E-state index is 0.285. The molecule has 1 amide bonds. The van der Waals surface area contributed by atoms with Gasteiger partial charge in [0.05, 0.1) is 28.2 Å². The summed E-state index contributed by atoms with van der Waals surface area (Å²) >= 11 is 12.2. The second-order valence-electron chi connectivity index (χ2n) is 6.89. The average Bonchev–Trinajstić information content (AvgIpc) is 3.01. The SMILES string of the molecule is N#CC1(C#N)[C@@H]2c3ccccc3C=CN2[C@@H](C(N)=O)[C@@H]1c1ccc(Cl)c(Cl)c1. The summed E-state index contributed by atoms with van der Waals surface area (Å²) in [4.78, 5) is 14.2. The van der Waals surface area contributed by atoms with Crippen molar-refractivity contribution in [3.8, 4) is 12.1 Å². The summed E-state index contributed by atoms with van der Waals surface area (Å²) < 4.78 is 0. The fourth-order valence-electron chi connectivity index (χ4n) is 4.40. The number of carbonyl (C=O) groups excluding carboxylic acids is 1. The topological polar surface area (TPSA) is 93.9 Å². The standard InChI is InChI=1S/C21H14Cl2N4O/c22-15-6-5-13(9-16(15)23)17-18(20(26)28)27-8-7-12-3-1-2-4-14(12)19(27)21(17,10-24)11-25/h1-9,17-19H,(H2,26,28)/t17-,18+,19-/m0/s1. The number of hydrogen-bond donors (Lipinski definition) is 1. The van der Waals surface area contributed by atoms with Gasteiger partial charge in [-0.2, -0.15) is 10.5 Å². The van der Waals surface area contributed by atoms with Crippen molar-refractivity contribution in [2.75, 3.05) is 0 Å². The Balaban J connectivity index is 2.01. The van der Waals surface area contributed by atoms with Crippen LogP contribution < -0.4 is 5.73 Å². The van der Waals surface area contributed by atoms with Crippen molar-refractivity contribution < 1.29 is 4.79 Å². The van der Waals surface area contributed by atoms with Crippen molar-refractivity contribution in [1.29, 1.82) is 10.5 Å². The summed E-state index contributed by atoms with van der Waals surface area (Å²) in [6, 6.07) is 15.3. The minimum atomic E-state index is -1.54. The molecule has 4 rings (SSSR count). The van der Waals surface area contributed by atoms with Crippen LogP contribution in [0.4, 0.5) is 0 Å². The van der Waals surface area contributed by atoms with Gasteiger partial charge < -0.3 is 10.6 Å². The highest BCUT2D eigenvalue weighted by Gasteiger charge is 2.63. The molecule has 138 valence electrons. The van der Waals surface area contributed by atoms with Gasteiger partial charge >= 0.3 is 0 Å². The van der Waals surface area contributed by atoms with Crippen LogP contribution in [0.2, 0.25) is 10.0 Å². The van der Waals surface area contributed by atoms with Crippen LogP contribution in [0, 0.1) is 28.1 Å². The van der Waals surface area contributed by atoms with Crippen molar-refractivity contribution in [3.05, 3.63) is 75.4 Å². The average molecular weight is 409 g/mol. The van der Waals surface area contributed by atoms with Crippen LogP contribution in [0.15, 0.2) is 48.7 Å². The van der Waals surface area contributed by atoms with Crippen LogP contribution >= 0.6 is 23.2 Å². The maximum absolute atomic E-state index is 12.5. The lowest BCUT2D eigenvalue weighted by atomic mass is 9.68. The van der Waals surface area contributed by atoms with Crippen LogP contribution in [-0.2, 0) is 4.79 Å². The Morgan fingerprint density at radius 2 is 1.82 bits per heavy atom. The van der Waals surface area contributed by atoms with Crippen LogP contribution in [-0.4, -0.2) is 16.8 Å². The number of rotatable bonds is 2. The first-order chi connectivity index (χ1) is 13.4. The van der Waals surface area contributed by atoms with Crippen molar-refractivity contribution in [2.45, 2.75) is 18.0 Å². The molecule has 0 spiro atoms. The Hall–Kier alpha value is -2.99. The molecule has 2 aliphatic rings. The molecule has 2 aromatic rings. The Morgan fingerprint density at radius 1 is 1.11 bits per heavy atom. The predicted molar refractivity (Wildman–Crippen MR) is 106 cm³/mol. The molecule has 0 radical (unpaired) electrons. The van der Waals surface area contributed by atoms with E-state index in [2.05, 4.69) is 12.1 Å². The van der Waals surface area contributed by atoms with Gasteiger partial charge in [0, 0.05) is 12.1 Å². The van der Waals surface area contributed by atoms with E-state index in [1.165, 1.54) is 0 Å². The van der Waals surface area contributed by atoms with E-state index in [-0.39, 0.29) is 5.02 Å². The molecule has 2 aromatic carbocycles. The lowest BCUT2D eigenvalue weighted by molar-refractivity contribution is -0.122. The zero-order chi connectivity index (χ0) is 20.1. The molecule has 7 heteroatoms. The van der Waals surface area contributed by atoms with E-state index in [9.17, 15) is 15.3 Å². The van der Waals surface area contributed by atoms with Gasteiger partial charge in [-0.1, -0.05) is 53.5 Å². The summed E-state index contributed by atoms with van der Waals surface area (Å²) in [5, 5.41) is 21.0. The lowest BCUT2D eigenvalue weighted by Crippen LogP contribution is -2.41. The largest absolute Gasteiger partial charge is 0.368 e. The van der Waals surface area contributed by atoms with E-state index in [0.717, 1.165) is 11.1 Å². The monoisotopic (exact) mass is 408 g/mol. The number of nitrogens with zero attached hydrogens (tertiary/aromatic N) is 3. The third kappa shape index (κ3) is 2.41. The van der Waals surface area contributed by atoms with E-state index in [1.54, 1.807) is 29.3 Å². The maximum atomic E-state index is 12.5. The highest BCUT2D eigenvalue weighted by molar-refractivity contribution is 6.42. The number of hydrogen-bond acceptors (Lipinski definition) is 4. The van der Waals surface area contributed by atoms with Crippen LogP contribution in [0.25, 0.3) is 6.08 Å². The smallest absolute Gasteiger partial charge is 0.240 e. The fourth-order valence-corrected chi connectivity index (χ4v) is 4.70. The van der Waals surface area contributed by atoms with E-state index in [1.807, 2.05) is 30.3 Å². The molecule has 28 heavy (non-hydrogen) atoms. The third-order valence-electron chi connectivity index (χ3n) is 5.54. The zero-order valence-electron chi connectivity index (χ0n) is 14.5. The zero-order valence-corrected chi connectivity index (χ0v) is 16.0. The van der Waals surface area contributed by atoms with Crippen molar-refractivity contribution in [2.24, 2.45) is 11.1 Å². The number of primary amides is 1. The molecule has 5 nitrogen and oxygen atoms in total. The predicted octanol–water partition coefficient (Wildman–Crippen LogP) is 4.01. The molecule has 2 aliphatic heterocycles. The number of carbonyl (C=O) groups is 1. The highest BCUT2D eigenvalue weighted by Crippen LogP contribution is 2.59. The summed E-state index contributed by atoms with van der Waals surface area (Å²) in [7, 11) is 0. The molecule has 2 N–H and O–H groups in total. The molecule has 1 fully saturated rings. The van der Waals surface area contributed by atoms with E-state index in [0.29, 0.717) is 10.6 Å². The van der Waals surface area contributed by atoms with Gasteiger partial charge in [-0.3, -0.25) is 4.79 Å². The number of nitrogens with two attached hydrogens (primary N) is 1. The molecule has 3 atom stereocenters. The summed E-state index contributed by atoms with van der Waals surface area (Å²) in [5.74, 6) is -1.41. The first kappa shape index (κ1) is 18.4. The number of benzene rings is 2. The van der Waals surface area contributed by atoms with Gasteiger partial charge in [-0.05, 0) is 34.9 Å². The van der Waals surface area contributed by atoms with Gasteiger partial charge in [-0.25, -0.2) is 0 Å². The Kier molecular flexibility index (Phi) is 4.31. The Bertz CT molecular complexity index is 1080. The fraction of sp³-hybridized carbons (Fsp3) is 0.190. The molecule has 0 aliphatic carbocycles.